The Morgan fingerprint density at radius 2 is 1.85 bits per heavy atom. The standard InChI is InChI=1S/C17H20N2Si/c1-13-10-14(11-18)6-8-16(13)17-9-7-15(12-19(17)2)20(3,4)5/h6-10,12H,2H2,1,3-5H3. The van der Waals surface area contributed by atoms with Crippen molar-refractivity contribution in [2.45, 2.75) is 26.6 Å². The lowest BCUT2D eigenvalue weighted by Crippen LogP contribution is -2.41. The molecular weight excluding hydrogens is 260 g/mol. The molecule has 0 radical (unpaired) electrons. The molecule has 0 saturated carbocycles. The number of hydrogen-bond acceptors (Lipinski definition) is 0. The molecule has 0 aliphatic heterocycles. The summed E-state index contributed by atoms with van der Waals surface area (Å²) >= 11 is 0. The second-order valence-corrected chi connectivity index (χ2v) is 11.2. The van der Waals surface area contributed by atoms with Crippen LogP contribution in [0, 0.1) is 24.2 Å². The lowest BCUT2D eigenvalue weighted by Gasteiger charge is -2.13. The van der Waals surface area contributed by atoms with Gasteiger partial charge < -0.3 is 5.41 Å². The van der Waals surface area contributed by atoms with Crippen LogP contribution in [0.2, 0.25) is 19.6 Å². The van der Waals surface area contributed by atoms with Crippen molar-refractivity contribution in [2.75, 3.05) is 0 Å². The van der Waals surface area contributed by atoms with E-state index in [9.17, 15) is 0 Å². The van der Waals surface area contributed by atoms with E-state index in [1.54, 1.807) is 0 Å². The predicted molar refractivity (Wildman–Crippen MR) is 86.3 cm³/mol. The van der Waals surface area contributed by atoms with Crippen molar-refractivity contribution in [3.8, 4) is 0 Å². The smallest absolute Gasteiger partial charge is 0.217 e. The van der Waals surface area contributed by atoms with Gasteiger partial charge in [0.2, 0.25) is 5.35 Å². The summed E-state index contributed by atoms with van der Waals surface area (Å²) in [4.78, 5) is 0. The third-order valence-corrected chi connectivity index (χ3v) is 5.55. The second-order valence-electron chi connectivity index (χ2n) is 6.16. The molecule has 102 valence electrons. The molecule has 0 N–H and O–H groups in total. The Kier molecular flexibility index (Phi) is 3.75. The Labute approximate surface area is 120 Å². The molecule has 0 saturated heterocycles. The highest BCUT2D eigenvalue weighted by Gasteiger charge is 2.18. The lowest BCUT2D eigenvalue weighted by atomic mass is 10.1. The van der Waals surface area contributed by atoms with E-state index in [0.717, 1.165) is 16.1 Å². The van der Waals surface area contributed by atoms with E-state index in [0.29, 0.717) is 5.22 Å². The van der Waals surface area contributed by atoms with E-state index in [1.807, 2.05) is 29.4 Å². The van der Waals surface area contributed by atoms with Gasteiger partial charge in [-0.3, -0.25) is 5.87 Å². The maximum Gasteiger partial charge on any atom is 0.217 e. The highest BCUT2D eigenvalue weighted by molar-refractivity contribution is 6.88. The Morgan fingerprint density at radius 3 is 2.35 bits per heavy atom. The normalized spacial score (nSPS) is 13.0. The molecule has 1 aromatic carbocycles. The van der Waals surface area contributed by atoms with E-state index in [2.05, 4.69) is 50.6 Å². The van der Waals surface area contributed by atoms with E-state index in [-0.39, 0.29) is 0 Å². The van der Waals surface area contributed by atoms with Crippen LogP contribution >= 0.6 is 0 Å². The third kappa shape index (κ3) is 2.79. The second kappa shape index (κ2) is 5.20. The van der Waals surface area contributed by atoms with Crippen LogP contribution in [0.3, 0.4) is 0 Å². The number of aromatic nitrogens is 1. The largest absolute Gasteiger partial charge is 0.763 e. The molecular formula is C17H20N2Si. The summed E-state index contributed by atoms with van der Waals surface area (Å²) in [5, 5.41) is 13.2. The van der Waals surface area contributed by atoms with E-state index >= 15 is 0 Å². The van der Waals surface area contributed by atoms with Crippen LogP contribution < -0.4 is 14.6 Å². The molecule has 0 amide bonds. The average Bonchev–Trinajstić information content (AvgIpc) is 2.38. The first-order chi connectivity index (χ1) is 9.32. The van der Waals surface area contributed by atoms with Gasteiger partial charge >= 0.3 is 0 Å². The van der Waals surface area contributed by atoms with Crippen LogP contribution in [-0.2, 0) is 0 Å². The van der Waals surface area contributed by atoms with Gasteiger partial charge in [0.05, 0.1) is 8.07 Å². The van der Waals surface area contributed by atoms with E-state index in [1.165, 1.54) is 5.19 Å². The molecule has 0 aliphatic rings. The van der Waals surface area contributed by atoms with Gasteiger partial charge in [-0.2, -0.15) is 4.24 Å². The number of hydrogen-bond donors (Lipinski definition) is 0. The van der Waals surface area contributed by atoms with Crippen molar-refractivity contribution in [3.63, 3.8) is 0 Å². The van der Waals surface area contributed by atoms with Crippen molar-refractivity contribution in [1.29, 1.82) is 0 Å². The molecule has 0 fully saturated rings. The predicted octanol–water partition coefficient (Wildman–Crippen LogP) is 1.67. The van der Waals surface area contributed by atoms with Crippen LogP contribution in [0.5, 0.6) is 0 Å². The molecule has 0 unspecified atom stereocenters. The molecule has 2 nitrogen and oxygen atoms in total. The highest BCUT2D eigenvalue weighted by atomic mass is 28.3. The van der Waals surface area contributed by atoms with Crippen LogP contribution in [0.1, 0.15) is 5.56 Å². The molecule has 20 heavy (non-hydrogen) atoms. The molecule has 1 aromatic heterocycles. The summed E-state index contributed by atoms with van der Waals surface area (Å²) < 4.78 is 1.95. The van der Waals surface area contributed by atoms with Gasteiger partial charge in [-0.25, -0.2) is 0 Å². The summed E-state index contributed by atoms with van der Waals surface area (Å²) in [6.45, 7) is 13.1. The van der Waals surface area contributed by atoms with Crippen molar-refractivity contribution in [3.05, 3.63) is 70.0 Å². The maximum absolute atomic E-state index is 8.94. The molecule has 1 heterocycles. The summed E-state index contributed by atoms with van der Waals surface area (Å²) in [5.41, 5.74) is 1.10. The monoisotopic (exact) mass is 280 g/mol. The number of rotatable bonds is 1. The molecule has 0 bridgehead atoms. The van der Waals surface area contributed by atoms with E-state index < -0.39 is 8.07 Å². The van der Waals surface area contributed by atoms with Crippen molar-refractivity contribution in [1.82, 2.24) is 0 Å². The zero-order valence-electron chi connectivity index (χ0n) is 12.6. The summed E-state index contributed by atoms with van der Waals surface area (Å²) in [6.07, 6.45) is 2.14. The minimum Gasteiger partial charge on any atom is -0.763 e. The minimum atomic E-state index is -1.32. The Balaban J connectivity index is 2.86. The third-order valence-electron chi connectivity index (χ3n) is 3.52. The molecule has 0 aliphatic carbocycles. The van der Waals surface area contributed by atoms with Crippen LogP contribution in [-0.4, -0.2) is 13.9 Å². The summed E-state index contributed by atoms with van der Waals surface area (Å²) in [5.74, 6) is 2.17. The topological polar surface area (TPSA) is 28.2 Å². The first kappa shape index (κ1) is 14.4. The first-order valence-electron chi connectivity index (χ1n) is 6.71. The average molecular weight is 280 g/mol. The quantitative estimate of drug-likeness (QED) is 0.432. The van der Waals surface area contributed by atoms with Gasteiger partial charge in [0.15, 0.2) is 6.20 Å². The molecule has 3 heteroatoms. The first-order valence-corrected chi connectivity index (χ1v) is 10.2. The molecule has 2 aromatic rings. The van der Waals surface area contributed by atoms with Crippen molar-refractivity contribution >= 4 is 19.1 Å². The maximum atomic E-state index is 8.94. The SMILES string of the molecule is C=[n+]1cc([Si](C)(C)C)ccc1=c1ccc(=C=[N-])cc1C. The van der Waals surface area contributed by atoms with Crippen LogP contribution in [0.15, 0.2) is 36.5 Å². The van der Waals surface area contributed by atoms with Gasteiger partial charge in [-0.15, -0.1) is 0 Å². The van der Waals surface area contributed by atoms with Crippen LogP contribution in [0.25, 0.3) is 5.41 Å². The van der Waals surface area contributed by atoms with Crippen LogP contribution in [0.4, 0.5) is 0 Å². The number of nitrogens with zero attached hydrogens (tertiary/aromatic N) is 2. The zero-order valence-corrected chi connectivity index (χ0v) is 13.6. The molecule has 0 spiro atoms. The number of aryl methyl sites for hydroxylation is 1. The van der Waals surface area contributed by atoms with Crippen molar-refractivity contribution < 1.29 is 4.24 Å². The van der Waals surface area contributed by atoms with Gasteiger partial charge in [0.25, 0.3) is 0 Å². The highest BCUT2D eigenvalue weighted by Crippen LogP contribution is 2.01. The Hall–Kier alpha value is -1.96. The van der Waals surface area contributed by atoms with Gasteiger partial charge in [-0.05, 0) is 35.9 Å². The summed E-state index contributed by atoms with van der Waals surface area (Å²) in [7, 11) is -1.32. The van der Waals surface area contributed by atoms with Crippen molar-refractivity contribution in [2.24, 2.45) is 0 Å². The van der Waals surface area contributed by atoms with Gasteiger partial charge in [0, 0.05) is 16.5 Å². The fourth-order valence-electron chi connectivity index (χ4n) is 2.25. The van der Waals surface area contributed by atoms with Gasteiger partial charge in [-0.1, -0.05) is 25.7 Å². The minimum absolute atomic E-state index is 0.695. The van der Waals surface area contributed by atoms with E-state index in [4.69, 9.17) is 5.41 Å². The summed E-state index contributed by atoms with van der Waals surface area (Å²) in [6, 6.07) is 10.1. The van der Waals surface area contributed by atoms with Gasteiger partial charge in [0.1, 0.15) is 6.72 Å². The lowest BCUT2D eigenvalue weighted by molar-refractivity contribution is -0.509. The molecule has 2 rings (SSSR count). The fraction of sp³-hybridized carbons (Fsp3) is 0.235. The number of benzene rings is 1. The fourth-order valence-corrected chi connectivity index (χ4v) is 3.38. The Bertz CT molecular complexity index is 873. The Morgan fingerprint density at radius 1 is 1.15 bits per heavy atom. The molecule has 0 atom stereocenters. The number of pyridine rings is 1. The zero-order chi connectivity index (χ0) is 14.9.